The van der Waals surface area contributed by atoms with Gasteiger partial charge in [0.2, 0.25) is 0 Å². The number of carbonyl (C=O) groups is 1. The molecule has 0 aliphatic carbocycles. The first-order chi connectivity index (χ1) is 10.1. The molecule has 0 unspecified atom stereocenters. The van der Waals surface area contributed by atoms with E-state index in [0.29, 0.717) is 5.69 Å². The van der Waals surface area contributed by atoms with Gasteiger partial charge in [0.25, 0.3) is 5.91 Å². The lowest BCUT2D eigenvalue weighted by atomic mass is 10.1. The number of hydrogen-bond acceptors (Lipinski definition) is 3. The van der Waals surface area contributed by atoms with Crippen LogP contribution in [0, 0.1) is 11.6 Å². The van der Waals surface area contributed by atoms with Crippen LogP contribution in [0.1, 0.15) is 10.4 Å². The average Bonchev–Trinajstić information content (AvgIpc) is 2.91. The topological polar surface area (TPSA) is 55.1 Å². The van der Waals surface area contributed by atoms with Gasteiger partial charge in [-0.3, -0.25) is 4.79 Å². The van der Waals surface area contributed by atoms with Crippen LogP contribution >= 0.6 is 11.3 Å². The van der Waals surface area contributed by atoms with Gasteiger partial charge >= 0.3 is 0 Å². The van der Waals surface area contributed by atoms with E-state index in [0.717, 1.165) is 22.2 Å². The highest BCUT2D eigenvalue weighted by atomic mass is 32.1. The van der Waals surface area contributed by atoms with E-state index >= 15 is 0 Å². The summed E-state index contributed by atoms with van der Waals surface area (Å²) in [6.45, 7) is 0. The molecule has 106 valence electrons. The van der Waals surface area contributed by atoms with Crippen LogP contribution in [0.25, 0.3) is 10.1 Å². The van der Waals surface area contributed by atoms with Crippen LogP contribution in [0.5, 0.6) is 0 Å². The molecule has 3 rings (SSSR count). The van der Waals surface area contributed by atoms with Crippen LogP contribution < -0.4 is 11.1 Å². The number of fused-ring (bicyclic) bond motifs is 1. The minimum Gasteiger partial charge on any atom is -0.396 e. The van der Waals surface area contributed by atoms with Crippen molar-refractivity contribution in [2.75, 3.05) is 11.1 Å². The minimum absolute atomic E-state index is 0.269. The molecule has 1 aromatic heterocycles. The number of amides is 1. The molecule has 1 amide bonds. The molecule has 0 bridgehead atoms. The highest BCUT2D eigenvalue weighted by molar-refractivity contribution is 7.17. The lowest BCUT2D eigenvalue weighted by Gasteiger charge is -2.08. The third-order valence-corrected chi connectivity index (χ3v) is 3.96. The second-order valence-electron chi connectivity index (χ2n) is 4.45. The summed E-state index contributed by atoms with van der Waals surface area (Å²) in [6.07, 6.45) is 0. The molecule has 0 aliphatic rings. The number of benzene rings is 2. The Bertz CT molecular complexity index is 845. The molecule has 0 aliphatic heterocycles. The van der Waals surface area contributed by atoms with Gasteiger partial charge in [0.05, 0.1) is 5.69 Å². The maximum absolute atomic E-state index is 13.8. The van der Waals surface area contributed by atoms with Crippen molar-refractivity contribution in [3.63, 3.8) is 0 Å². The summed E-state index contributed by atoms with van der Waals surface area (Å²) in [5, 5.41) is 5.35. The standard InChI is InChI=1S/C15H10F2N2OS/c16-10-2-3-11(18)14(17)13(10)15(20)19-9-1-4-12-8(7-9)5-6-21-12/h1-7H,18H2,(H,19,20). The van der Waals surface area contributed by atoms with Gasteiger partial charge in [0.15, 0.2) is 5.82 Å². The molecule has 0 fully saturated rings. The Labute approximate surface area is 123 Å². The van der Waals surface area contributed by atoms with Crippen molar-refractivity contribution >= 4 is 38.7 Å². The van der Waals surface area contributed by atoms with Gasteiger partial charge in [-0.2, -0.15) is 0 Å². The number of halogens is 2. The van der Waals surface area contributed by atoms with Crippen LogP contribution in [0.4, 0.5) is 20.2 Å². The minimum atomic E-state index is -1.05. The summed E-state index contributed by atoms with van der Waals surface area (Å²) >= 11 is 1.57. The highest BCUT2D eigenvalue weighted by Crippen LogP contribution is 2.25. The van der Waals surface area contributed by atoms with E-state index in [-0.39, 0.29) is 5.69 Å². The van der Waals surface area contributed by atoms with Crippen molar-refractivity contribution in [3.05, 3.63) is 59.0 Å². The van der Waals surface area contributed by atoms with Gasteiger partial charge in [0, 0.05) is 10.4 Å². The molecular formula is C15H10F2N2OS. The number of carbonyl (C=O) groups excluding carboxylic acids is 1. The van der Waals surface area contributed by atoms with Gasteiger partial charge < -0.3 is 11.1 Å². The van der Waals surface area contributed by atoms with Crippen molar-refractivity contribution in [2.45, 2.75) is 0 Å². The summed E-state index contributed by atoms with van der Waals surface area (Å²) in [4.78, 5) is 12.0. The smallest absolute Gasteiger partial charge is 0.261 e. The predicted molar refractivity (Wildman–Crippen MR) is 80.5 cm³/mol. The van der Waals surface area contributed by atoms with Crippen molar-refractivity contribution in [1.29, 1.82) is 0 Å². The number of hydrogen-bond donors (Lipinski definition) is 2. The lowest BCUT2D eigenvalue weighted by molar-refractivity contribution is 0.101. The van der Waals surface area contributed by atoms with E-state index in [4.69, 9.17) is 5.73 Å². The summed E-state index contributed by atoms with van der Waals surface area (Å²) in [6, 6.07) is 9.21. The number of nitrogens with one attached hydrogen (secondary N) is 1. The molecule has 0 saturated heterocycles. The number of rotatable bonds is 2. The lowest BCUT2D eigenvalue weighted by Crippen LogP contribution is -2.16. The molecule has 2 aromatic carbocycles. The largest absolute Gasteiger partial charge is 0.396 e. The van der Waals surface area contributed by atoms with Crippen LogP contribution in [0.2, 0.25) is 0 Å². The molecule has 0 saturated carbocycles. The maximum Gasteiger partial charge on any atom is 0.261 e. The molecule has 21 heavy (non-hydrogen) atoms. The van der Waals surface area contributed by atoms with E-state index < -0.39 is 23.1 Å². The second kappa shape index (κ2) is 5.14. The van der Waals surface area contributed by atoms with Crippen LogP contribution in [-0.2, 0) is 0 Å². The number of nitrogens with two attached hydrogens (primary N) is 1. The van der Waals surface area contributed by atoms with E-state index in [2.05, 4.69) is 5.32 Å². The summed E-state index contributed by atoms with van der Waals surface area (Å²) in [5.74, 6) is -2.87. The zero-order chi connectivity index (χ0) is 15.0. The van der Waals surface area contributed by atoms with E-state index in [1.54, 1.807) is 23.5 Å². The van der Waals surface area contributed by atoms with Crippen molar-refractivity contribution in [2.24, 2.45) is 0 Å². The normalized spacial score (nSPS) is 10.8. The summed E-state index contributed by atoms with van der Waals surface area (Å²) < 4.78 is 28.5. The van der Waals surface area contributed by atoms with Crippen molar-refractivity contribution in [1.82, 2.24) is 0 Å². The molecule has 1 heterocycles. The quantitative estimate of drug-likeness (QED) is 0.703. The van der Waals surface area contributed by atoms with Crippen molar-refractivity contribution < 1.29 is 13.6 Å². The molecule has 6 heteroatoms. The molecule has 3 nitrogen and oxygen atoms in total. The molecule has 0 spiro atoms. The fourth-order valence-electron chi connectivity index (χ4n) is 2.01. The zero-order valence-corrected chi connectivity index (χ0v) is 11.5. The van der Waals surface area contributed by atoms with Crippen molar-refractivity contribution in [3.8, 4) is 0 Å². The first-order valence-electron chi connectivity index (χ1n) is 6.08. The molecule has 0 atom stereocenters. The second-order valence-corrected chi connectivity index (χ2v) is 5.40. The monoisotopic (exact) mass is 304 g/mol. The SMILES string of the molecule is Nc1ccc(F)c(C(=O)Nc2ccc3sccc3c2)c1F. The fraction of sp³-hybridized carbons (Fsp3) is 0. The zero-order valence-electron chi connectivity index (χ0n) is 10.7. The highest BCUT2D eigenvalue weighted by Gasteiger charge is 2.19. The Morgan fingerprint density at radius 2 is 1.95 bits per heavy atom. The van der Waals surface area contributed by atoms with E-state index in [9.17, 15) is 13.6 Å². The maximum atomic E-state index is 13.8. The Hall–Kier alpha value is -2.47. The van der Waals surface area contributed by atoms with Crippen LogP contribution in [0.3, 0.4) is 0 Å². The van der Waals surface area contributed by atoms with E-state index in [1.165, 1.54) is 0 Å². The number of nitrogen functional groups attached to an aromatic ring is 1. The molecule has 3 aromatic rings. The third-order valence-electron chi connectivity index (χ3n) is 3.06. The first-order valence-corrected chi connectivity index (χ1v) is 6.96. The Balaban J connectivity index is 1.94. The average molecular weight is 304 g/mol. The summed E-state index contributed by atoms with van der Waals surface area (Å²) in [7, 11) is 0. The van der Waals surface area contributed by atoms with Gasteiger partial charge in [-0.25, -0.2) is 8.78 Å². The first kappa shape index (κ1) is 13.5. The number of thiophene rings is 1. The summed E-state index contributed by atoms with van der Waals surface area (Å²) in [5.41, 5.74) is 4.88. The van der Waals surface area contributed by atoms with Gasteiger partial charge in [-0.05, 0) is 47.2 Å². The van der Waals surface area contributed by atoms with Gasteiger partial charge in [-0.15, -0.1) is 11.3 Å². The molecule has 3 N–H and O–H groups in total. The number of anilines is 2. The van der Waals surface area contributed by atoms with Crippen LogP contribution in [0.15, 0.2) is 41.8 Å². The van der Waals surface area contributed by atoms with E-state index in [1.807, 2.05) is 17.5 Å². The Morgan fingerprint density at radius 1 is 1.14 bits per heavy atom. The Kier molecular flexibility index (Phi) is 3.31. The predicted octanol–water partition coefficient (Wildman–Crippen LogP) is 4.01. The molecule has 0 radical (unpaired) electrons. The molecular weight excluding hydrogens is 294 g/mol. The Morgan fingerprint density at radius 3 is 2.76 bits per heavy atom. The fourth-order valence-corrected chi connectivity index (χ4v) is 2.79. The van der Waals surface area contributed by atoms with Gasteiger partial charge in [-0.1, -0.05) is 0 Å². The van der Waals surface area contributed by atoms with Crippen LogP contribution in [-0.4, -0.2) is 5.91 Å². The van der Waals surface area contributed by atoms with Gasteiger partial charge in [0.1, 0.15) is 11.4 Å². The third kappa shape index (κ3) is 2.45.